The van der Waals surface area contributed by atoms with Crippen molar-refractivity contribution < 1.29 is 4.74 Å². The highest BCUT2D eigenvalue weighted by Crippen LogP contribution is 2.24. The highest BCUT2D eigenvalue weighted by atomic mass is 35.5. The van der Waals surface area contributed by atoms with Gasteiger partial charge in [0.25, 0.3) is 0 Å². The van der Waals surface area contributed by atoms with Crippen LogP contribution in [0.2, 0.25) is 5.02 Å². The summed E-state index contributed by atoms with van der Waals surface area (Å²) in [5.41, 5.74) is 8.28. The minimum absolute atomic E-state index is 0.0120. The molecular weight excluding hydrogens is 280 g/mol. The maximum atomic E-state index is 6.19. The van der Waals surface area contributed by atoms with Gasteiger partial charge >= 0.3 is 0 Å². The summed E-state index contributed by atoms with van der Waals surface area (Å²) in [6.45, 7) is 1.99. The summed E-state index contributed by atoms with van der Waals surface area (Å²) >= 11 is 7.67. The molecule has 3 nitrogen and oxygen atoms in total. The Labute approximate surface area is 122 Å². The van der Waals surface area contributed by atoms with Gasteiger partial charge in [-0.25, -0.2) is 4.98 Å². The van der Waals surface area contributed by atoms with Gasteiger partial charge in [-0.2, -0.15) is 0 Å². The number of benzene rings is 1. The molecule has 0 radical (unpaired) electrons. The maximum Gasteiger partial charge on any atom is 0.122 e. The van der Waals surface area contributed by atoms with Gasteiger partial charge in [-0.05, 0) is 37.1 Å². The SMILES string of the molecule is COc1ccc(Cl)cc1CC(N)Cc1nc(C)cs1. The molecule has 102 valence electrons. The number of ether oxygens (including phenoxy) is 1. The molecule has 1 heterocycles. The van der Waals surface area contributed by atoms with Gasteiger partial charge in [0.15, 0.2) is 0 Å². The van der Waals surface area contributed by atoms with Crippen LogP contribution in [0.15, 0.2) is 23.6 Å². The Morgan fingerprint density at radius 2 is 2.21 bits per heavy atom. The van der Waals surface area contributed by atoms with E-state index in [1.165, 1.54) is 0 Å². The Kier molecular flexibility index (Phi) is 4.80. The van der Waals surface area contributed by atoms with Crippen molar-refractivity contribution in [3.8, 4) is 5.75 Å². The predicted molar refractivity (Wildman–Crippen MR) is 80.2 cm³/mol. The van der Waals surface area contributed by atoms with E-state index in [0.29, 0.717) is 5.02 Å². The lowest BCUT2D eigenvalue weighted by Gasteiger charge is -2.13. The van der Waals surface area contributed by atoms with Crippen molar-refractivity contribution in [2.24, 2.45) is 5.73 Å². The lowest BCUT2D eigenvalue weighted by molar-refractivity contribution is 0.408. The van der Waals surface area contributed by atoms with Crippen molar-refractivity contribution in [2.75, 3.05) is 7.11 Å². The molecule has 1 unspecified atom stereocenters. The second-order valence-electron chi connectivity index (χ2n) is 4.51. The molecule has 0 saturated heterocycles. The standard InChI is InChI=1S/C14H17ClN2OS/c1-9-8-19-14(17-9)7-12(16)6-10-5-11(15)3-4-13(10)18-2/h3-5,8,12H,6-7,16H2,1-2H3. The normalized spacial score (nSPS) is 12.4. The van der Waals surface area contributed by atoms with E-state index >= 15 is 0 Å². The molecule has 0 bridgehead atoms. The Balaban J connectivity index is 2.05. The van der Waals surface area contributed by atoms with Crippen LogP contribution in [0.1, 0.15) is 16.3 Å². The Bertz CT molecular complexity index is 556. The van der Waals surface area contributed by atoms with Gasteiger partial charge in [0, 0.05) is 28.6 Å². The zero-order valence-electron chi connectivity index (χ0n) is 11.0. The monoisotopic (exact) mass is 296 g/mol. The number of hydrogen-bond donors (Lipinski definition) is 1. The van der Waals surface area contributed by atoms with Gasteiger partial charge in [0.2, 0.25) is 0 Å². The van der Waals surface area contributed by atoms with E-state index < -0.39 is 0 Å². The maximum absolute atomic E-state index is 6.19. The summed E-state index contributed by atoms with van der Waals surface area (Å²) in [5, 5.41) is 3.82. The van der Waals surface area contributed by atoms with Crippen LogP contribution in [0.25, 0.3) is 0 Å². The molecule has 0 fully saturated rings. The molecule has 19 heavy (non-hydrogen) atoms. The first-order valence-electron chi connectivity index (χ1n) is 6.07. The lowest BCUT2D eigenvalue weighted by Crippen LogP contribution is -2.25. The fraction of sp³-hybridized carbons (Fsp3) is 0.357. The summed E-state index contributed by atoms with van der Waals surface area (Å²) < 4.78 is 5.33. The third-order valence-corrected chi connectivity index (χ3v) is 4.05. The highest BCUT2D eigenvalue weighted by molar-refractivity contribution is 7.09. The molecule has 1 atom stereocenters. The van der Waals surface area contributed by atoms with E-state index in [2.05, 4.69) is 4.98 Å². The van der Waals surface area contributed by atoms with Gasteiger partial charge in [-0.1, -0.05) is 11.6 Å². The molecule has 1 aromatic carbocycles. The van der Waals surface area contributed by atoms with Crippen LogP contribution < -0.4 is 10.5 Å². The van der Waals surface area contributed by atoms with Crippen LogP contribution in [-0.4, -0.2) is 18.1 Å². The molecule has 2 N–H and O–H groups in total. The van der Waals surface area contributed by atoms with Gasteiger partial charge in [0.1, 0.15) is 5.75 Å². The fourth-order valence-corrected chi connectivity index (χ4v) is 3.04. The Morgan fingerprint density at radius 1 is 1.42 bits per heavy atom. The number of halogens is 1. The average Bonchev–Trinajstić information content (AvgIpc) is 2.75. The first-order valence-corrected chi connectivity index (χ1v) is 7.33. The van der Waals surface area contributed by atoms with Crippen molar-refractivity contribution in [3.05, 3.63) is 44.9 Å². The number of nitrogens with two attached hydrogens (primary N) is 1. The molecule has 0 aliphatic heterocycles. The van der Waals surface area contributed by atoms with Crippen molar-refractivity contribution in [1.82, 2.24) is 4.98 Å². The fourth-order valence-electron chi connectivity index (χ4n) is 1.98. The van der Waals surface area contributed by atoms with E-state index in [1.54, 1.807) is 18.4 Å². The minimum atomic E-state index is 0.0120. The molecule has 0 aliphatic carbocycles. The van der Waals surface area contributed by atoms with Crippen molar-refractivity contribution >= 4 is 22.9 Å². The number of thiazole rings is 1. The summed E-state index contributed by atoms with van der Waals surface area (Å²) in [6, 6.07) is 5.61. The Morgan fingerprint density at radius 3 is 2.84 bits per heavy atom. The van der Waals surface area contributed by atoms with E-state index in [0.717, 1.165) is 34.9 Å². The van der Waals surface area contributed by atoms with Crippen LogP contribution in [-0.2, 0) is 12.8 Å². The molecule has 0 spiro atoms. The third-order valence-electron chi connectivity index (χ3n) is 2.83. The number of hydrogen-bond acceptors (Lipinski definition) is 4. The smallest absolute Gasteiger partial charge is 0.122 e. The summed E-state index contributed by atoms with van der Waals surface area (Å²) in [7, 11) is 1.66. The van der Waals surface area contributed by atoms with Crippen LogP contribution in [0.4, 0.5) is 0 Å². The number of rotatable bonds is 5. The molecule has 2 rings (SSSR count). The van der Waals surface area contributed by atoms with Gasteiger partial charge < -0.3 is 10.5 Å². The molecule has 2 aromatic rings. The van der Waals surface area contributed by atoms with Crippen LogP contribution >= 0.6 is 22.9 Å². The number of nitrogens with zero attached hydrogens (tertiary/aromatic N) is 1. The van der Waals surface area contributed by atoms with Crippen LogP contribution in [0.3, 0.4) is 0 Å². The van der Waals surface area contributed by atoms with E-state index in [1.807, 2.05) is 30.5 Å². The zero-order valence-corrected chi connectivity index (χ0v) is 12.6. The number of methoxy groups -OCH3 is 1. The first kappa shape index (κ1) is 14.3. The van der Waals surface area contributed by atoms with Gasteiger partial charge in [-0.3, -0.25) is 0 Å². The summed E-state index contributed by atoms with van der Waals surface area (Å²) in [5.74, 6) is 0.829. The van der Waals surface area contributed by atoms with Crippen molar-refractivity contribution in [2.45, 2.75) is 25.8 Å². The molecule has 0 aliphatic rings. The average molecular weight is 297 g/mol. The largest absolute Gasteiger partial charge is 0.496 e. The Hall–Kier alpha value is -1.10. The molecule has 0 amide bonds. The quantitative estimate of drug-likeness (QED) is 0.921. The zero-order chi connectivity index (χ0) is 13.8. The summed E-state index contributed by atoms with van der Waals surface area (Å²) in [4.78, 5) is 4.43. The third kappa shape index (κ3) is 3.93. The minimum Gasteiger partial charge on any atom is -0.496 e. The summed E-state index contributed by atoms with van der Waals surface area (Å²) in [6.07, 6.45) is 1.50. The topological polar surface area (TPSA) is 48.1 Å². The van der Waals surface area contributed by atoms with E-state index in [-0.39, 0.29) is 6.04 Å². The van der Waals surface area contributed by atoms with Crippen LogP contribution in [0, 0.1) is 6.92 Å². The first-order chi connectivity index (χ1) is 9.08. The molecule has 1 aromatic heterocycles. The van der Waals surface area contributed by atoms with Crippen LogP contribution in [0.5, 0.6) is 5.75 Å². The van der Waals surface area contributed by atoms with E-state index in [9.17, 15) is 0 Å². The van der Waals surface area contributed by atoms with E-state index in [4.69, 9.17) is 22.1 Å². The second kappa shape index (κ2) is 6.37. The molecule has 0 saturated carbocycles. The van der Waals surface area contributed by atoms with Gasteiger partial charge in [0.05, 0.1) is 12.1 Å². The van der Waals surface area contributed by atoms with Crippen molar-refractivity contribution in [3.63, 3.8) is 0 Å². The van der Waals surface area contributed by atoms with Gasteiger partial charge in [-0.15, -0.1) is 11.3 Å². The molecular formula is C14H17ClN2OS. The number of aryl methyl sites for hydroxylation is 1. The lowest BCUT2D eigenvalue weighted by atomic mass is 10.0. The second-order valence-corrected chi connectivity index (χ2v) is 5.89. The predicted octanol–water partition coefficient (Wildman–Crippen LogP) is 3.23. The number of aromatic nitrogens is 1. The van der Waals surface area contributed by atoms with Crippen molar-refractivity contribution in [1.29, 1.82) is 0 Å². The molecule has 5 heteroatoms. The highest BCUT2D eigenvalue weighted by Gasteiger charge is 2.12.